The number of hydrogen-bond donors (Lipinski definition) is 0. The molecule has 1 aliphatic rings. The molecular weight excluding hydrogens is 284 g/mol. The van der Waals surface area contributed by atoms with Crippen LogP contribution in [0.2, 0.25) is 0 Å². The number of pyridine rings is 1. The minimum Gasteiger partial charge on any atom is -0.323 e. The van der Waals surface area contributed by atoms with Crippen molar-refractivity contribution < 1.29 is 14.5 Å². The van der Waals surface area contributed by atoms with Gasteiger partial charge >= 0.3 is 0 Å². The molecule has 1 aromatic carbocycles. The third kappa shape index (κ3) is 1.49. The van der Waals surface area contributed by atoms with Crippen LogP contribution in [0, 0.1) is 10.1 Å². The number of carbonyl (C=O) groups excluding carboxylic acids is 2. The number of carbonyl (C=O) groups is 2. The lowest BCUT2D eigenvalue weighted by molar-refractivity contribution is -0.385. The van der Waals surface area contributed by atoms with Gasteiger partial charge in [-0.3, -0.25) is 19.7 Å². The Labute approximate surface area is 123 Å². The number of nitrogens with zero attached hydrogens (tertiary/aromatic N) is 2. The summed E-state index contributed by atoms with van der Waals surface area (Å²) in [5.74, 6) is -1.57. The van der Waals surface area contributed by atoms with Crippen LogP contribution in [0.15, 0.2) is 42.7 Å². The van der Waals surface area contributed by atoms with Crippen molar-refractivity contribution in [3.8, 4) is 0 Å². The van der Waals surface area contributed by atoms with Gasteiger partial charge in [0.25, 0.3) is 5.69 Å². The fraction of sp³-hybridized carbons (Fsp3) is 0. The zero-order valence-electron chi connectivity index (χ0n) is 11.1. The molecule has 4 rings (SSSR count). The van der Waals surface area contributed by atoms with E-state index in [2.05, 4.69) is 0 Å². The van der Waals surface area contributed by atoms with Gasteiger partial charge in [-0.05, 0) is 35.7 Å². The number of nitro groups is 1. The summed E-state index contributed by atoms with van der Waals surface area (Å²) in [6.45, 7) is 0. The summed E-state index contributed by atoms with van der Waals surface area (Å²) < 4.78 is 1.85. The minimum absolute atomic E-state index is 0.124. The Morgan fingerprint density at radius 2 is 1.86 bits per heavy atom. The van der Waals surface area contributed by atoms with Gasteiger partial charge in [-0.25, -0.2) is 0 Å². The van der Waals surface area contributed by atoms with Gasteiger partial charge in [0.05, 0.1) is 10.4 Å². The number of hydrogen-bond acceptors (Lipinski definition) is 4. The molecular formula is C16H8N2O4. The smallest absolute Gasteiger partial charge is 0.282 e. The van der Waals surface area contributed by atoms with E-state index in [1.165, 1.54) is 12.1 Å². The van der Waals surface area contributed by atoms with Crippen LogP contribution in [0.25, 0.3) is 22.4 Å². The molecule has 0 radical (unpaired) electrons. The molecule has 0 unspecified atom stereocenters. The first-order valence-electron chi connectivity index (χ1n) is 6.55. The summed E-state index contributed by atoms with van der Waals surface area (Å²) >= 11 is 0. The Morgan fingerprint density at radius 1 is 1.05 bits per heavy atom. The van der Waals surface area contributed by atoms with Crippen LogP contribution >= 0.6 is 0 Å². The number of ketones is 2. The summed E-state index contributed by atoms with van der Waals surface area (Å²) in [5, 5.41) is 12.7. The molecule has 0 aliphatic heterocycles. The highest BCUT2D eigenvalue weighted by Gasteiger charge is 2.31. The Hall–Kier alpha value is -3.28. The van der Waals surface area contributed by atoms with Gasteiger partial charge < -0.3 is 4.40 Å². The molecule has 0 saturated heterocycles. The van der Waals surface area contributed by atoms with Crippen LogP contribution in [0.5, 0.6) is 0 Å². The molecule has 0 spiro atoms. The molecule has 0 saturated carbocycles. The molecule has 22 heavy (non-hydrogen) atoms. The second-order valence-corrected chi connectivity index (χ2v) is 5.05. The van der Waals surface area contributed by atoms with E-state index in [0.717, 1.165) is 11.6 Å². The molecule has 0 amide bonds. The molecule has 0 N–H and O–H groups in total. The van der Waals surface area contributed by atoms with Crippen molar-refractivity contribution in [1.82, 2.24) is 4.40 Å². The zero-order chi connectivity index (χ0) is 15.4. The van der Waals surface area contributed by atoms with Crippen molar-refractivity contribution in [2.45, 2.75) is 0 Å². The third-order valence-electron chi connectivity index (χ3n) is 3.89. The van der Waals surface area contributed by atoms with Gasteiger partial charge in [-0.2, -0.15) is 0 Å². The summed E-state index contributed by atoms with van der Waals surface area (Å²) in [6.07, 6.45) is 6.30. The highest BCUT2D eigenvalue weighted by atomic mass is 16.6. The topological polar surface area (TPSA) is 81.7 Å². The van der Waals surface area contributed by atoms with Crippen LogP contribution in [-0.4, -0.2) is 20.9 Å². The van der Waals surface area contributed by atoms with Gasteiger partial charge in [0.2, 0.25) is 11.6 Å². The number of allylic oxidation sites excluding steroid dienone is 1. The Kier molecular flexibility index (Phi) is 2.33. The molecule has 6 heteroatoms. The van der Waals surface area contributed by atoms with E-state index in [0.29, 0.717) is 16.3 Å². The highest BCUT2D eigenvalue weighted by molar-refractivity contribution is 6.51. The molecule has 2 heterocycles. The zero-order valence-corrected chi connectivity index (χ0v) is 11.1. The Balaban J connectivity index is 2.26. The molecule has 6 nitrogen and oxygen atoms in total. The summed E-state index contributed by atoms with van der Waals surface area (Å²) in [5.41, 5.74) is 0.777. The number of Topliss-reactive ketones (excluding diaryl/α,β-unsaturated/α-hetero) is 1. The van der Waals surface area contributed by atoms with Crippen molar-refractivity contribution in [2.75, 3.05) is 0 Å². The predicted molar refractivity (Wildman–Crippen MR) is 79.9 cm³/mol. The molecule has 3 aromatic rings. The van der Waals surface area contributed by atoms with Gasteiger partial charge in [-0.1, -0.05) is 0 Å². The molecule has 1 aliphatic carbocycles. The van der Waals surface area contributed by atoms with E-state index < -0.39 is 16.5 Å². The van der Waals surface area contributed by atoms with Gasteiger partial charge in [0, 0.05) is 29.4 Å². The number of rotatable bonds is 1. The monoisotopic (exact) mass is 292 g/mol. The van der Waals surface area contributed by atoms with Crippen LogP contribution in [0.3, 0.4) is 0 Å². The first kappa shape index (κ1) is 12.5. The Bertz CT molecular complexity index is 1040. The first-order valence-corrected chi connectivity index (χ1v) is 6.55. The molecule has 0 atom stereocenters. The maximum atomic E-state index is 12.1. The van der Waals surface area contributed by atoms with E-state index in [-0.39, 0.29) is 11.3 Å². The second kappa shape index (κ2) is 4.11. The maximum absolute atomic E-state index is 12.1. The summed E-state index contributed by atoms with van der Waals surface area (Å²) in [7, 11) is 0. The standard InChI is InChI=1S/C16H8N2O4/c19-14-4-3-10-9-5-7-17-6-1-2-12(17)11(9)8-13(18(21)22)15(10)16(14)20/h1-8H. The average Bonchev–Trinajstić information content (AvgIpc) is 2.98. The number of benzene rings is 1. The fourth-order valence-electron chi connectivity index (χ4n) is 2.92. The summed E-state index contributed by atoms with van der Waals surface area (Å²) in [4.78, 5) is 34.4. The number of aromatic nitrogens is 1. The van der Waals surface area contributed by atoms with Crippen molar-refractivity contribution in [3.63, 3.8) is 0 Å². The van der Waals surface area contributed by atoms with E-state index >= 15 is 0 Å². The lowest BCUT2D eigenvalue weighted by atomic mass is 9.89. The fourth-order valence-corrected chi connectivity index (χ4v) is 2.92. The van der Waals surface area contributed by atoms with Gasteiger partial charge in [-0.15, -0.1) is 0 Å². The predicted octanol–water partition coefficient (Wildman–Crippen LogP) is 2.78. The van der Waals surface area contributed by atoms with Crippen LogP contribution in [0.4, 0.5) is 5.69 Å². The molecule has 106 valence electrons. The van der Waals surface area contributed by atoms with Crippen molar-refractivity contribution in [2.24, 2.45) is 0 Å². The van der Waals surface area contributed by atoms with E-state index in [4.69, 9.17) is 0 Å². The van der Waals surface area contributed by atoms with Crippen molar-refractivity contribution >= 4 is 39.6 Å². The van der Waals surface area contributed by atoms with Crippen molar-refractivity contribution in [1.29, 1.82) is 0 Å². The number of fused-ring (bicyclic) bond motifs is 5. The average molecular weight is 292 g/mol. The van der Waals surface area contributed by atoms with E-state index in [9.17, 15) is 19.7 Å². The summed E-state index contributed by atoms with van der Waals surface area (Å²) in [6, 6.07) is 6.84. The van der Waals surface area contributed by atoms with Gasteiger partial charge in [0.1, 0.15) is 5.56 Å². The normalized spacial score (nSPS) is 13.8. The lowest BCUT2D eigenvalue weighted by Crippen LogP contribution is -2.18. The maximum Gasteiger partial charge on any atom is 0.282 e. The van der Waals surface area contributed by atoms with E-state index in [1.807, 2.05) is 28.9 Å². The van der Waals surface area contributed by atoms with E-state index in [1.54, 1.807) is 6.07 Å². The molecule has 0 fully saturated rings. The quantitative estimate of drug-likeness (QED) is 0.392. The molecule has 2 aromatic heterocycles. The highest BCUT2D eigenvalue weighted by Crippen LogP contribution is 2.36. The SMILES string of the molecule is O=C1C=Cc2c(c([N+](=O)[O-])cc3c2ccn2cccc32)C1=O. The third-order valence-corrected chi connectivity index (χ3v) is 3.89. The second-order valence-electron chi connectivity index (χ2n) is 5.05. The van der Waals surface area contributed by atoms with Crippen molar-refractivity contribution in [3.05, 3.63) is 64.0 Å². The minimum atomic E-state index is -0.832. The lowest BCUT2D eigenvalue weighted by Gasteiger charge is -2.13. The first-order chi connectivity index (χ1) is 10.6. The number of nitro benzene ring substituents is 1. The van der Waals surface area contributed by atoms with Crippen LogP contribution in [0.1, 0.15) is 15.9 Å². The van der Waals surface area contributed by atoms with Gasteiger partial charge in [0.15, 0.2) is 0 Å². The largest absolute Gasteiger partial charge is 0.323 e. The van der Waals surface area contributed by atoms with Crippen LogP contribution in [-0.2, 0) is 4.79 Å². The van der Waals surface area contributed by atoms with Crippen LogP contribution < -0.4 is 0 Å². The molecule has 0 bridgehead atoms. The Morgan fingerprint density at radius 3 is 2.64 bits per heavy atom.